The lowest BCUT2D eigenvalue weighted by Gasteiger charge is -2.25. The van der Waals surface area contributed by atoms with E-state index in [9.17, 15) is 4.79 Å². The second-order valence-corrected chi connectivity index (χ2v) is 4.55. The van der Waals surface area contributed by atoms with Crippen LogP contribution < -0.4 is 10.1 Å². The molecule has 0 saturated carbocycles. The van der Waals surface area contributed by atoms with Crippen LogP contribution in [-0.2, 0) is 4.79 Å². The number of likely N-dealkylation sites (tertiary alicyclic amines) is 1. The van der Waals surface area contributed by atoms with Crippen molar-refractivity contribution in [3.8, 4) is 5.75 Å². The summed E-state index contributed by atoms with van der Waals surface area (Å²) in [6, 6.07) is 8.22. The molecule has 1 aromatic carbocycles. The number of benzene rings is 1. The molecular formula is C14H20N2O2. The summed E-state index contributed by atoms with van der Waals surface area (Å²) in [5, 5.41) is 2.92. The first-order valence-electron chi connectivity index (χ1n) is 6.34. The Bertz CT molecular complexity index is 403. The fourth-order valence-corrected chi connectivity index (χ4v) is 2.49. The van der Waals surface area contributed by atoms with Gasteiger partial charge >= 0.3 is 0 Å². The Morgan fingerprint density at radius 2 is 2.17 bits per heavy atom. The number of hydrogen-bond donors (Lipinski definition) is 1. The number of rotatable bonds is 4. The summed E-state index contributed by atoms with van der Waals surface area (Å²) in [6.45, 7) is 1.27. The molecule has 1 aliphatic rings. The van der Waals surface area contributed by atoms with E-state index in [1.54, 1.807) is 14.2 Å². The summed E-state index contributed by atoms with van der Waals surface area (Å²) in [5.41, 5.74) is 1.19. The average molecular weight is 248 g/mol. The van der Waals surface area contributed by atoms with Crippen molar-refractivity contribution >= 4 is 5.91 Å². The van der Waals surface area contributed by atoms with Crippen LogP contribution in [0.25, 0.3) is 0 Å². The van der Waals surface area contributed by atoms with E-state index in [4.69, 9.17) is 4.74 Å². The molecule has 1 unspecified atom stereocenters. The number of hydrogen-bond acceptors (Lipinski definition) is 3. The van der Waals surface area contributed by atoms with Crippen LogP contribution in [0.3, 0.4) is 0 Å². The van der Waals surface area contributed by atoms with E-state index in [0.29, 0.717) is 6.54 Å². The van der Waals surface area contributed by atoms with Crippen LogP contribution in [0.4, 0.5) is 0 Å². The highest BCUT2D eigenvalue weighted by Crippen LogP contribution is 2.32. The number of nitrogens with one attached hydrogen (secondary N) is 1. The highest BCUT2D eigenvalue weighted by Gasteiger charge is 2.29. The molecule has 0 bridgehead atoms. The van der Waals surface area contributed by atoms with E-state index >= 15 is 0 Å². The molecule has 2 rings (SSSR count). The zero-order valence-corrected chi connectivity index (χ0v) is 11.0. The quantitative estimate of drug-likeness (QED) is 0.879. The Balaban J connectivity index is 2.12. The van der Waals surface area contributed by atoms with Crippen LogP contribution >= 0.6 is 0 Å². The molecule has 1 heterocycles. The van der Waals surface area contributed by atoms with Gasteiger partial charge in [0.1, 0.15) is 5.75 Å². The summed E-state index contributed by atoms with van der Waals surface area (Å²) in [5.74, 6) is 1.03. The lowest BCUT2D eigenvalue weighted by molar-refractivity contribution is -0.131. The summed E-state index contributed by atoms with van der Waals surface area (Å²) in [7, 11) is 3.46. The van der Waals surface area contributed by atoms with Crippen LogP contribution in [0, 0.1) is 0 Å². The third-order valence-corrected chi connectivity index (χ3v) is 3.40. The minimum absolute atomic E-state index is 0.177. The zero-order valence-electron chi connectivity index (χ0n) is 11.0. The topological polar surface area (TPSA) is 41.6 Å². The van der Waals surface area contributed by atoms with E-state index in [1.165, 1.54) is 5.56 Å². The van der Waals surface area contributed by atoms with Crippen molar-refractivity contribution in [3.63, 3.8) is 0 Å². The molecule has 0 spiro atoms. The first-order chi connectivity index (χ1) is 8.76. The van der Waals surface area contributed by atoms with Gasteiger partial charge in [0.25, 0.3) is 0 Å². The maximum absolute atomic E-state index is 12.0. The van der Waals surface area contributed by atoms with E-state index in [-0.39, 0.29) is 11.9 Å². The van der Waals surface area contributed by atoms with Gasteiger partial charge in [-0.15, -0.1) is 0 Å². The minimum Gasteiger partial charge on any atom is -0.497 e. The van der Waals surface area contributed by atoms with Crippen LogP contribution in [-0.4, -0.2) is 38.1 Å². The van der Waals surface area contributed by atoms with Crippen molar-refractivity contribution in [1.29, 1.82) is 0 Å². The van der Waals surface area contributed by atoms with Gasteiger partial charge in [0.05, 0.1) is 19.7 Å². The number of ether oxygens (including phenoxy) is 1. The lowest BCUT2D eigenvalue weighted by Crippen LogP contribution is -2.36. The lowest BCUT2D eigenvalue weighted by atomic mass is 10.0. The van der Waals surface area contributed by atoms with Crippen molar-refractivity contribution in [2.75, 3.05) is 27.2 Å². The molecule has 4 nitrogen and oxygen atoms in total. The molecule has 1 aromatic rings. The number of amides is 1. The Morgan fingerprint density at radius 3 is 2.78 bits per heavy atom. The predicted octanol–water partition coefficient (Wildman–Crippen LogP) is 1.58. The normalized spacial score (nSPS) is 19.0. The number of carbonyl (C=O) groups excluding carboxylic acids is 1. The van der Waals surface area contributed by atoms with Crippen molar-refractivity contribution < 1.29 is 9.53 Å². The third-order valence-electron chi connectivity index (χ3n) is 3.40. The first kappa shape index (κ1) is 12.9. The highest BCUT2D eigenvalue weighted by atomic mass is 16.5. The molecular weight excluding hydrogens is 228 g/mol. The van der Waals surface area contributed by atoms with Gasteiger partial charge in [-0.2, -0.15) is 0 Å². The van der Waals surface area contributed by atoms with Crippen molar-refractivity contribution in [3.05, 3.63) is 29.8 Å². The van der Waals surface area contributed by atoms with Gasteiger partial charge in [-0.3, -0.25) is 4.79 Å². The molecule has 1 amide bonds. The Hall–Kier alpha value is -1.55. The van der Waals surface area contributed by atoms with Gasteiger partial charge in [0.15, 0.2) is 0 Å². The molecule has 0 aromatic heterocycles. The van der Waals surface area contributed by atoms with Crippen LogP contribution in [0.15, 0.2) is 24.3 Å². The second-order valence-electron chi connectivity index (χ2n) is 4.55. The summed E-state index contributed by atoms with van der Waals surface area (Å²) < 4.78 is 5.15. The van der Waals surface area contributed by atoms with Crippen LogP contribution in [0.1, 0.15) is 24.4 Å². The fraction of sp³-hybridized carbons (Fsp3) is 0.500. The smallest absolute Gasteiger partial charge is 0.237 e. The number of methoxy groups -OCH3 is 1. The summed E-state index contributed by atoms with van der Waals surface area (Å²) in [6.07, 6.45) is 2.12. The molecule has 98 valence electrons. The van der Waals surface area contributed by atoms with E-state index in [2.05, 4.69) is 17.4 Å². The van der Waals surface area contributed by atoms with Gasteiger partial charge in [0, 0.05) is 6.54 Å². The number of nitrogens with zero attached hydrogens (tertiary/aromatic N) is 1. The monoisotopic (exact) mass is 248 g/mol. The Morgan fingerprint density at radius 1 is 1.44 bits per heavy atom. The SMILES string of the molecule is CNCC(=O)N1CCCC1c1ccc(OC)cc1. The zero-order chi connectivity index (χ0) is 13.0. The second kappa shape index (κ2) is 5.87. The van der Waals surface area contributed by atoms with Crippen molar-refractivity contribution in [2.24, 2.45) is 0 Å². The molecule has 0 aliphatic carbocycles. The summed E-state index contributed by atoms with van der Waals surface area (Å²) >= 11 is 0. The third kappa shape index (κ3) is 2.64. The Kier molecular flexibility index (Phi) is 4.20. The van der Waals surface area contributed by atoms with Crippen molar-refractivity contribution in [1.82, 2.24) is 10.2 Å². The maximum Gasteiger partial charge on any atom is 0.237 e. The van der Waals surface area contributed by atoms with E-state index in [1.807, 2.05) is 17.0 Å². The van der Waals surface area contributed by atoms with Gasteiger partial charge < -0.3 is 15.0 Å². The molecule has 1 aliphatic heterocycles. The minimum atomic E-state index is 0.177. The fourth-order valence-electron chi connectivity index (χ4n) is 2.49. The number of likely N-dealkylation sites (N-methyl/N-ethyl adjacent to an activating group) is 1. The molecule has 4 heteroatoms. The molecule has 1 saturated heterocycles. The van der Waals surface area contributed by atoms with Crippen molar-refractivity contribution in [2.45, 2.75) is 18.9 Å². The standard InChI is InChI=1S/C14H20N2O2/c1-15-10-14(17)16-9-3-4-13(16)11-5-7-12(18-2)8-6-11/h5-8,13,15H,3-4,9-10H2,1-2H3. The first-order valence-corrected chi connectivity index (χ1v) is 6.34. The van der Waals surface area contributed by atoms with Gasteiger partial charge in [-0.25, -0.2) is 0 Å². The molecule has 1 atom stereocenters. The molecule has 1 N–H and O–H groups in total. The molecule has 1 fully saturated rings. The average Bonchev–Trinajstić information content (AvgIpc) is 2.88. The van der Waals surface area contributed by atoms with Crippen LogP contribution in [0.5, 0.6) is 5.75 Å². The summed E-state index contributed by atoms with van der Waals surface area (Å²) in [4.78, 5) is 14.0. The van der Waals surface area contributed by atoms with Gasteiger partial charge in [0.2, 0.25) is 5.91 Å². The largest absolute Gasteiger partial charge is 0.497 e. The molecule has 0 radical (unpaired) electrons. The Labute approximate surface area is 108 Å². The van der Waals surface area contributed by atoms with E-state index in [0.717, 1.165) is 25.1 Å². The highest BCUT2D eigenvalue weighted by molar-refractivity contribution is 5.79. The predicted molar refractivity (Wildman–Crippen MR) is 70.6 cm³/mol. The van der Waals surface area contributed by atoms with E-state index < -0.39 is 0 Å². The molecule has 18 heavy (non-hydrogen) atoms. The van der Waals surface area contributed by atoms with Crippen LogP contribution in [0.2, 0.25) is 0 Å². The maximum atomic E-state index is 12.0. The number of carbonyl (C=O) groups is 1. The van der Waals surface area contributed by atoms with Gasteiger partial charge in [-0.05, 0) is 37.6 Å². The van der Waals surface area contributed by atoms with Gasteiger partial charge in [-0.1, -0.05) is 12.1 Å².